The van der Waals surface area contributed by atoms with E-state index in [1.54, 1.807) is 6.92 Å². The van der Waals surface area contributed by atoms with Crippen LogP contribution in [0.25, 0.3) is 0 Å². The normalized spacial score (nSPS) is 18.2. The molecule has 0 amide bonds. The maximum absolute atomic E-state index is 9.41. The fraction of sp³-hybridized carbons (Fsp3) is 0.929. The summed E-state index contributed by atoms with van der Waals surface area (Å²) in [6.07, 6.45) is 2.33. The molecule has 0 aliphatic carbocycles. The van der Waals surface area contributed by atoms with Crippen molar-refractivity contribution in [2.24, 2.45) is 11.8 Å². The Balaban J connectivity index is 5.78. The Morgan fingerprint density at radius 1 is 0.676 bits per heavy atom. The summed E-state index contributed by atoms with van der Waals surface area (Å²) >= 11 is 0. The van der Waals surface area contributed by atoms with Crippen LogP contribution in [0.1, 0.15) is 109 Å². The quantitative estimate of drug-likeness (QED) is 0.183. The molecule has 6 heteroatoms. The van der Waals surface area contributed by atoms with Crippen LogP contribution in [0.5, 0.6) is 0 Å². The van der Waals surface area contributed by atoms with Crippen molar-refractivity contribution in [1.29, 1.82) is 0 Å². The lowest BCUT2D eigenvalue weighted by Crippen LogP contribution is -2.42. The van der Waals surface area contributed by atoms with Crippen molar-refractivity contribution in [2.75, 3.05) is 13.2 Å². The molecule has 200 valence electrons. The Morgan fingerprint density at radius 3 is 1.32 bits per heavy atom. The summed E-state index contributed by atoms with van der Waals surface area (Å²) in [5.74, 6) is 7.88. The predicted octanol–water partition coefficient (Wildman–Crippen LogP) is 5.32. The van der Waals surface area contributed by atoms with Crippen LogP contribution in [0.15, 0.2) is 0 Å². The van der Waals surface area contributed by atoms with Crippen LogP contribution in [0, 0.1) is 23.7 Å². The summed E-state index contributed by atoms with van der Waals surface area (Å²) in [5.41, 5.74) is -2.04. The fourth-order valence-electron chi connectivity index (χ4n) is 4.40. The van der Waals surface area contributed by atoms with E-state index in [9.17, 15) is 5.11 Å². The van der Waals surface area contributed by atoms with Crippen molar-refractivity contribution in [3.05, 3.63) is 0 Å². The first-order valence-electron chi connectivity index (χ1n) is 13.1. The SMILES string of the molecule is BC(C)OCCC(C)(C)OC(C)(C#CC(C)(CC(C)C)OC(C)(C)CCOC(C)O)CC(C)C. The summed E-state index contributed by atoms with van der Waals surface area (Å²) in [7, 11) is 2.05. The molecule has 0 aromatic heterocycles. The van der Waals surface area contributed by atoms with E-state index in [0.717, 1.165) is 19.3 Å². The van der Waals surface area contributed by atoms with Gasteiger partial charge in [0.1, 0.15) is 19.0 Å². The third kappa shape index (κ3) is 16.2. The highest BCUT2D eigenvalue weighted by Gasteiger charge is 2.36. The number of aliphatic hydroxyl groups is 1. The average molecular weight is 483 g/mol. The van der Waals surface area contributed by atoms with Crippen LogP contribution in [0.3, 0.4) is 0 Å². The Bertz CT molecular complexity index is 580. The first-order valence-corrected chi connectivity index (χ1v) is 13.1. The maximum atomic E-state index is 9.41. The molecule has 0 heterocycles. The summed E-state index contributed by atoms with van der Waals surface area (Å²) in [6.45, 7) is 26.1. The molecule has 0 bridgehead atoms. The average Bonchev–Trinajstić information content (AvgIpc) is 2.56. The van der Waals surface area contributed by atoms with Crippen molar-refractivity contribution in [3.8, 4) is 11.8 Å². The highest BCUT2D eigenvalue weighted by molar-refractivity contribution is 6.10. The lowest BCUT2D eigenvalue weighted by atomic mass is 9.89. The Labute approximate surface area is 212 Å². The molecule has 4 unspecified atom stereocenters. The van der Waals surface area contributed by atoms with Crippen molar-refractivity contribution in [1.82, 2.24) is 0 Å². The topological polar surface area (TPSA) is 57.2 Å². The molecule has 0 saturated heterocycles. The molecular weight excluding hydrogens is 427 g/mol. The Kier molecular flexibility index (Phi) is 14.0. The van der Waals surface area contributed by atoms with Crippen LogP contribution in [0.4, 0.5) is 0 Å². The van der Waals surface area contributed by atoms with Gasteiger partial charge in [-0.3, -0.25) is 0 Å². The Morgan fingerprint density at radius 2 is 1.03 bits per heavy atom. The van der Waals surface area contributed by atoms with Crippen LogP contribution >= 0.6 is 0 Å². The first-order chi connectivity index (χ1) is 15.3. The van der Waals surface area contributed by atoms with Crippen molar-refractivity contribution in [2.45, 2.75) is 143 Å². The molecule has 0 aliphatic heterocycles. The zero-order chi connectivity index (χ0) is 26.8. The second-order valence-corrected chi connectivity index (χ2v) is 12.5. The van der Waals surface area contributed by atoms with E-state index in [1.807, 2.05) is 0 Å². The van der Waals surface area contributed by atoms with Gasteiger partial charge in [0.2, 0.25) is 0 Å². The van der Waals surface area contributed by atoms with Crippen LogP contribution in [0.2, 0.25) is 0 Å². The van der Waals surface area contributed by atoms with Gasteiger partial charge in [-0.25, -0.2) is 0 Å². The van der Waals surface area contributed by atoms with E-state index in [0.29, 0.717) is 31.5 Å². The zero-order valence-corrected chi connectivity index (χ0v) is 24.6. The smallest absolute Gasteiger partial charge is 0.151 e. The number of hydrogen-bond acceptors (Lipinski definition) is 5. The van der Waals surface area contributed by atoms with Crippen molar-refractivity contribution in [3.63, 3.8) is 0 Å². The predicted molar refractivity (Wildman–Crippen MR) is 145 cm³/mol. The van der Waals surface area contributed by atoms with Gasteiger partial charge in [0.05, 0.1) is 17.8 Å². The number of aliphatic hydroxyl groups excluding tert-OH is 1. The maximum Gasteiger partial charge on any atom is 0.151 e. The molecule has 0 spiro atoms. The minimum Gasteiger partial charge on any atom is -0.387 e. The van der Waals surface area contributed by atoms with Gasteiger partial charge in [-0.05, 0) is 92.9 Å². The Hall–Kier alpha value is -0.575. The minimum atomic E-state index is -0.777. The van der Waals surface area contributed by atoms with Gasteiger partial charge < -0.3 is 24.1 Å². The minimum absolute atomic E-state index is 0.209. The van der Waals surface area contributed by atoms with Crippen LogP contribution in [-0.4, -0.2) is 60.9 Å². The number of rotatable bonds is 16. The third-order valence-corrected chi connectivity index (χ3v) is 5.41. The summed E-state index contributed by atoms with van der Waals surface area (Å²) in [5, 5.41) is 9.41. The lowest BCUT2D eigenvalue weighted by Gasteiger charge is -2.39. The molecule has 0 radical (unpaired) electrons. The van der Waals surface area contributed by atoms with E-state index in [2.05, 4.69) is 95.8 Å². The fourth-order valence-corrected chi connectivity index (χ4v) is 4.40. The monoisotopic (exact) mass is 482 g/mol. The van der Waals surface area contributed by atoms with Crippen molar-refractivity contribution < 1.29 is 24.1 Å². The van der Waals surface area contributed by atoms with Gasteiger partial charge in [0, 0.05) is 12.6 Å². The second-order valence-electron chi connectivity index (χ2n) is 12.5. The van der Waals surface area contributed by atoms with E-state index in [-0.39, 0.29) is 11.6 Å². The van der Waals surface area contributed by atoms with Gasteiger partial charge in [0.15, 0.2) is 6.29 Å². The highest BCUT2D eigenvalue weighted by atomic mass is 16.6. The molecule has 0 aromatic rings. The lowest BCUT2D eigenvalue weighted by molar-refractivity contribution is -0.140. The highest BCUT2D eigenvalue weighted by Crippen LogP contribution is 2.32. The molecule has 0 fully saturated rings. The standard InChI is InChI=1S/C28H55BO5/c1-21(2)19-27(11,33-25(7,8)15-17-31-23(5)29)13-14-28(12,20-22(3)4)34-26(9,10)16-18-32-24(6)30/h21-24,30H,15-20,29H2,1-12H3. The number of hydrogen-bond donors (Lipinski definition) is 1. The third-order valence-electron chi connectivity index (χ3n) is 5.41. The van der Waals surface area contributed by atoms with Gasteiger partial charge in [-0.2, -0.15) is 0 Å². The number of ether oxygens (including phenoxy) is 4. The van der Waals surface area contributed by atoms with Gasteiger partial charge >= 0.3 is 0 Å². The largest absolute Gasteiger partial charge is 0.387 e. The van der Waals surface area contributed by atoms with Gasteiger partial charge in [0.25, 0.3) is 0 Å². The molecule has 34 heavy (non-hydrogen) atoms. The van der Waals surface area contributed by atoms with Crippen LogP contribution in [-0.2, 0) is 18.9 Å². The molecule has 0 aliphatic rings. The van der Waals surface area contributed by atoms with Crippen LogP contribution < -0.4 is 0 Å². The molecule has 0 saturated carbocycles. The molecule has 0 aromatic carbocycles. The van der Waals surface area contributed by atoms with Gasteiger partial charge in [-0.1, -0.05) is 39.5 Å². The first kappa shape index (κ1) is 33.4. The summed E-state index contributed by atoms with van der Waals surface area (Å²) < 4.78 is 24.4. The molecule has 4 atom stereocenters. The van der Waals surface area contributed by atoms with E-state index >= 15 is 0 Å². The summed E-state index contributed by atoms with van der Waals surface area (Å²) in [6, 6.07) is 0.209. The summed E-state index contributed by atoms with van der Waals surface area (Å²) in [4.78, 5) is 0. The molecule has 1 N–H and O–H groups in total. The molecule has 0 rings (SSSR count). The van der Waals surface area contributed by atoms with E-state index in [1.165, 1.54) is 0 Å². The van der Waals surface area contributed by atoms with Crippen molar-refractivity contribution >= 4 is 7.85 Å². The van der Waals surface area contributed by atoms with E-state index < -0.39 is 23.1 Å². The van der Waals surface area contributed by atoms with Gasteiger partial charge in [-0.15, -0.1) is 0 Å². The zero-order valence-electron chi connectivity index (χ0n) is 24.6. The second kappa shape index (κ2) is 14.2. The molecule has 5 nitrogen and oxygen atoms in total. The molecular formula is C28H55BO5. The van der Waals surface area contributed by atoms with E-state index in [4.69, 9.17) is 18.9 Å².